The maximum Gasteiger partial charge on any atom is 0.307 e. The Morgan fingerprint density at radius 2 is 1.90 bits per heavy atom. The third-order valence-corrected chi connectivity index (χ3v) is 3.75. The van der Waals surface area contributed by atoms with E-state index in [0.29, 0.717) is 6.54 Å². The van der Waals surface area contributed by atoms with Crippen molar-refractivity contribution in [3.05, 3.63) is 18.2 Å². The lowest BCUT2D eigenvalue weighted by Crippen LogP contribution is -2.38. The van der Waals surface area contributed by atoms with Gasteiger partial charge in [-0.15, -0.1) is 0 Å². The molecule has 1 heterocycles. The van der Waals surface area contributed by atoms with Crippen molar-refractivity contribution < 1.29 is 14.5 Å². The first kappa shape index (κ1) is 16.7. The normalized spacial score (nSPS) is 10.9. The van der Waals surface area contributed by atoms with Crippen molar-refractivity contribution >= 4 is 5.97 Å². The highest BCUT2D eigenvalue weighted by molar-refractivity contribution is 5.66. The van der Waals surface area contributed by atoms with Gasteiger partial charge in [-0.2, -0.15) is 0 Å². The predicted octanol–water partition coefficient (Wildman–Crippen LogP) is 3.17. The largest absolute Gasteiger partial charge is 0.481 e. The van der Waals surface area contributed by atoms with Gasteiger partial charge in [0.25, 0.3) is 5.82 Å². The molecule has 1 aromatic heterocycles. The van der Waals surface area contributed by atoms with Crippen molar-refractivity contribution in [2.24, 2.45) is 0 Å². The van der Waals surface area contributed by atoms with Crippen LogP contribution >= 0.6 is 0 Å². The smallest absolute Gasteiger partial charge is 0.307 e. The van der Waals surface area contributed by atoms with Crippen LogP contribution in [0.1, 0.15) is 64.6 Å². The number of carboxylic acid groups (broad SMARTS) is 1. The third-order valence-electron chi connectivity index (χ3n) is 3.75. The number of hydrogen-bond acceptors (Lipinski definition) is 1. The summed E-state index contributed by atoms with van der Waals surface area (Å²) in [5, 5.41) is 8.81. The monoisotopic (exact) mass is 281 g/mol. The zero-order chi connectivity index (χ0) is 14.8. The second-order valence-electron chi connectivity index (χ2n) is 5.36. The molecule has 0 radical (unpaired) electrons. The molecule has 0 fully saturated rings. The highest BCUT2D eigenvalue weighted by atomic mass is 16.4. The Morgan fingerprint density at radius 1 is 1.20 bits per heavy atom. The number of aromatic nitrogens is 2. The topological polar surface area (TPSA) is 46.1 Å². The number of carbonyl (C=O) groups is 1. The Hall–Kier alpha value is -1.32. The molecule has 0 saturated heterocycles. The molecule has 0 saturated carbocycles. The Morgan fingerprint density at radius 3 is 2.55 bits per heavy atom. The number of imidazole rings is 1. The zero-order valence-corrected chi connectivity index (χ0v) is 13.0. The number of rotatable bonds is 11. The van der Waals surface area contributed by atoms with Gasteiger partial charge in [-0.3, -0.25) is 4.79 Å². The van der Waals surface area contributed by atoms with E-state index in [1.165, 1.54) is 44.3 Å². The van der Waals surface area contributed by atoms with Crippen molar-refractivity contribution in [1.29, 1.82) is 0 Å². The Bertz CT molecular complexity index is 399. The van der Waals surface area contributed by atoms with E-state index in [9.17, 15) is 4.79 Å². The fourth-order valence-corrected chi connectivity index (χ4v) is 2.56. The summed E-state index contributed by atoms with van der Waals surface area (Å²) < 4.78 is 4.33. The van der Waals surface area contributed by atoms with Crippen molar-refractivity contribution in [2.75, 3.05) is 0 Å². The van der Waals surface area contributed by atoms with Crippen LogP contribution in [0.3, 0.4) is 0 Å². The lowest BCUT2D eigenvalue weighted by Gasteiger charge is -2.04. The van der Waals surface area contributed by atoms with E-state index in [1.54, 1.807) is 0 Å². The van der Waals surface area contributed by atoms with Gasteiger partial charge in [0.1, 0.15) is 18.9 Å². The van der Waals surface area contributed by atoms with Crippen LogP contribution in [-0.2, 0) is 24.3 Å². The molecule has 20 heavy (non-hydrogen) atoms. The van der Waals surface area contributed by atoms with Crippen LogP contribution in [0.4, 0.5) is 0 Å². The molecule has 1 N–H and O–H groups in total. The fourth-order valence-electron chi connectivity index (χ4n) is 2.56. The van der Waals surface area contributed by atoms with Gasteiger partial charge in [-0.1, -0.05) is 39.0 Å². The maximum absolute atomic E-state index is 10.7. The van der Waals surface area contributed by atoms with E-state index >= 15 is 0 Å². The lowest BCUT2D eigenvalue weighted by molar-refractivity contribution is -0.702. The second-order valence-corrected chi connectivity index (χ2v) is 5.36. The number of aryl methyl sites for hydroxylation is 2. The highest BCUT2D eigenvalue weighted by Gasteiger charge is 2.16. The molecule has 0 aromatic carbocycles. The standard InChI is InChI=1S/C16H28N2O2/c1-3-5-6-7-8-9-10-15-17(4-2)13-14-18(15)12-11-16(19)20/h13-14H,3-12H2,1-2H3/p+1. The molecule has 4 nitrogen and oxygen atoms in total. The minimum absolute atomic E-state index is 0.196. The maximum atomic E-state index is 10.7. The number of nitrogens with zero attached hydrogens (tertiary/aromatic N) is 2. The molecule has 1 rings (SSSR count). The molecule has 0 aliphatic heterocycles. The summed E-state index contributed by atoms with van der Waals surface area (Å²) in [6, 6.07) is 0. The first-order valence-corrected chi connectivity index (χ1v) is 7.98. The minimum atomic E-state index is -0.729. The average molecular weight is 281 g/mol. The molecule has 0 atom stereocenters. The van der Waals surface area contributed by atoms with Gasteiger partial charge in [0, 0.05) is 6.42 Å². The van der Waals surface area contributed by atoms with Crippen LogP contribution in [0.2, 0.25) is 0 Å². The van der Waals surface area contributed by atoms with Crippen molar-refractivity contribution in [2.45, 2.75) is 78.3 Å². The van der Waals surface area contributed by atoms with Crippen molar-refractivity contribution in [1.82, 2.24) is 4.57 Å². The van der Waals surface area contributed by atoms with E-state index in [2.05, 4.69) is 29.2 Å². The molecule has 0 bridgehead atoms. The van der Waals surface area contributed by atoms with Gasteiger partial charge in [0.05, 0.1) is 13.0 Å². The quantitative estimate of drug-likeness (QED) is 0.500. The highest BCUT2D eigenvalue weighted by Crippen LogP contribution is 2.08. The first-order valence-electron chi connectivity index (χ1n) is 7.98. The molecule has 0 spiro atoms. The SMILES string of the molecule is CCCCCCCCc1n(CC)cc[n+]1CCC(=O)O. The Labute approximate surface area is 122 Å². The van der Waals surface area contributed by atoms with Crippen LogP contribution in [0.5, 0.6) is 0 Å². The number of aliphatic carboxylic acids is 1. The Kier molecular flexibility index (Phi) is 8.00. The number of unbranched alkanes of at least 4 members (excludes halogenated alkanes) is 5. The van der Waals surface area contributed by atoms with Crippen molar-refractivity contribution in [3.8, 4) is 0 Å². The number of carboxylic acids is 1. The average Bonchev–Trinajstić information content (AvgIpc) is 2.82. The Balaban J connectivity index is 2.44. The van der Waals surface area contributed by atoms with Gasteiger partial charge in [0.2, 0.25) is 0 Å². The lowest BCUT2D eigenvalue weighted by atomic mass is 10.1. The van der Waals surface area contributed by atoms with Gasteiger partial charge in [-0.05, 0) is 13.3 Å². The molecule has 0 amide bonds. The molecular weight excluding hydrogens is 252 g/mol. The fraction of sp³-hybridized carbons (Fsp3) is 0.750. The van der Waals surface area contributed by atoms with E-state index < -0.39 is 5.97 Å². The van der Waals surface area contributed by atoms with E-state index in [1.807, 2.05) is 6.20 Å². The van der Waals surface area contributed by atoms with E-state index in [-0.39, 0.29) is 6.42 Å². The summed E-state index contributed by atoms with van der Waals surface area (Å²) in [6.07, 6.45) is 13.1. The molecule has 0 aliphatic rings. The van der Waals surface area contributed by atoms with Gasteiger partial charge in [-0.25, -0.2) is 9.13 Å². The molecule has 0 aliphatic carbocycles. The number of hydrogen-bond donors (Lipinski definition) is 1. The van der Waals surface area contributed by atoms with Crippen LogP contribution in [-0.4, -0.2) is 15.6 Å². The molecule has 0 unspecified atom stereocenters. The summed E-state index contributed by atoms with van der Waals surface area (Å²) in [7, 11) is 0. The third kappa shape index (κ3) is 5.76. The van der Waals surface area contributed by atoms with E-state index in [0.717, 1.165) is 13.0 Å². The van der Waals surface area contributed by atoms with E-state index in [4.69, 9.17) is 5.11 Å². The van der Waals surface area contributed by atoms with Crippen LogP contribution in [0.15, 0.2) is 12.4 Å². The first-order chi connectivity index (χ1) is 9.69. The summed E-state index contributed by atoms with van der Waals surface area (Å²) >= 11 is 0. The zero-order valence-electron chi connectivity index (χ0n) is 13.0. The van der Waals surface area contributed by atoms with Crippen LogP contribution < -0.4 is 4.57 Å². The second kappa shape index (κ2) is 9.56. The molecule has 1 aromatic rings. The summed E-state index contributed by atoms with van der Waals surface area (Å²) in [4.78, 5) is 10.7. The van der Waals surface area contributed by atoms with Crippen LogP contribution in [0, 0.1) is 0 Å². The minimum Gasteiger partial charge on any atom is -0.481 e. The molecular formula is C16H29N2O2+. The summed E-state index contributed by atoms with van der Waals surface area (Å²) in [5.74, 6) is 0.538. The summed E-state index contributed by atoms with van der Waals surface area (Å²) in [5.41, 5.74) is 0. The van der Waals surface area contributed by atoms with Gasteiger partial charge >= 0.3 is 5.97 Å². The van der Waals surface area contributed by atoms with Crippen LogP contribution in [0.25, 0.3) is 0 Å². The van der Waals surface area contributed by atoms with Gasteiger partial charge in [0.15, 0.2) is 0 Å². The van der Waals surface area contributed by atoms with Crippen molar-refractivity contribution in [3.63, 3.8) is 0 Å². The predicted molar refractivity (Wildman–Crippen MR) is 79.6 cm³/mol. The van der Waals surface area contributed by atoms with Gasteiger partial charge < -0.3 is 5.11 Å². The molecule has 4 heteroatoms. The summed E-state index contributed by atoms with van der Waals surface area (Å²) in [6.45, 7) is 5.89. The molecule has 114 valence electrons.